The van der Waals surface area contributed by atoms with Crippen molar-refractivity contribution in [3.05, 3.63) is 92.5 Å². The predicted molar refractivity (Wildman–Crippen MR) is 130 cm³/mol. The molecule has 0 spiro atoms. The molecule has 12 heteroatoms. The first-order valence-electron chi connectivity index (χ1n) is 10.5. The van der Waals surface area contributed by atoms with Gasteiger partial charge in [-0.3, -0.25) is 19.7 Å². The van der Waals surface area contributed by atoms with Gasteiger partial charge in [0, 0.05) is 34.8 Å². The van der Waals surface area contributed by atoms with Crippen LogP contribution in [0.15, 0.2) is 65.8 Å². The Morgan fingerprint density at radius 2 is 1.92 bits per heavy atom. The van der Waals surface area contributed by atoms with Gasteiger partial charge in [-0.25, -0.2) is 0 Å². The number of phenolic OH excluding ortho intramolecular Hbond substituents is 1. The summed E-state index contributed by atoms with van der Waals surface area (Å²) in [4.78, 5) is 35.4. The van der Waals surface area contributed by atoms with Crippen LogP contribution in [0.25, 0.3) is 0 Å². The Morgan fingerprint density at radius 1 is 1.19 bits per heavy atom. The normalized spacial score (nSPS) is 14.6. The van der Waals surface area contributed by atoms with Crippen LogP contribution in [-0.4, -0.2) is 39.9 Å². The lowest BCUT2D eigenvalue weighted by molar-refractivity contribution is -0.385. The molecule has 4 rings (SSSR count). The number of hydrogen-bond acceptors (Lipinski definition) is 8. The second kappa shape index (κ2) is 9.92. The summed E-state index contributed by atoms with van der Waals surface area (Å²) in [6.07, 6.45) is -1.27. The second-order valence-corrected chi connectivity index (χ2v) is 8.06. The van der Waals surface area contributed by atoms with E-state index in [0.29, 0.717) is 21.8 Å². The van der Waals surface area contributed by atoms with Gasteiger partial charge < -0.3 is 19.9 Å². The third-order valence-corrected chi connectivity index (χ3v) is 5.46. The summed E-state index contributed by atoms with van der Waals surface area (Å²) >= 11 is 5.94. The summed E-state index contributed by atoms with van der Waals surface area (Å²) in [5.74, 6) is -1.41. The Kier molecular flexibility index (Phi) is 6.75. The average Bonchev–Trinajstić information content (AvgIpc) is 3.30. The molecule has 2 amide bonds. The van der Waals surface area contributed by atoms with Crippen molar-refractivity contribution in [2.75, 3.05) is 12.4 Å². The van der Waals surface area contributed by atoms with Crippen molar-refractivity contribution >= 4 is 40.7 Å². The van der Waals surface area contributed by atoms with Crippen LogP contribution in [0.1, 0.15) is 34.6 Å². The van der Waals surface area contributed by atoms with Gasteiger partial charge in [0.25, 0.3) is 11.6 Å². The molecule has 3 aromatic carbocycles. The number of benzene rings is 3. The van der Waals surface area contributed by atoms with Gasteiger partial charge in [-0.15, -0.1) is 5.10 Å². The topological polar surface area (TPSA) is 144 Å². The zero-order valence-corrected chi connectivity index (χ0v) is 19.7. The number of nitro benzene ring substituents is 1. The first kappa shape index (κ1) is 24.5. The maximum atomic E-state index is 12.4. The van der Waals surface area contributed by atoms with Crippen LogP contribution in [0.4, 0.5) is 11.4 Å². The zero-order chi connectivity index (χ0) is 26.0. The molecule has 11 nitrogen and oxygen atoms in total. The van der Waals surface area contributed by atoms with Gasteiger partial charge in [0.1, 0.15) is 0 Å². The van der Waals surface area contributed by atoms with Gasteiger partial charge in [-0.05, 0) is 42.5 Å². The molecular weight excluding hydrogens is 492 g/mol. The number of anilines is 1. The summed E-state index contributed by atoms with van der Waals surface area (Å²) < 4.78 is 10.9. The Labute approximate surface area is 209 Å². The van der Waals surface area contributed by atoms with Crippen LogP contribution in [0, 0.1) is 10.1 Å². The van der Waals surface area contributed by atoms with Crippen molar-refractivity contribution in [3.63, 3.8) is 0 Å². The molecule has 0 bridgehead atoms. The van der Waals surface area contributed by atoms with Gasteiger partial charge in [0.2, 0.25) is 18.0 Å². The summed E-state index contributed by atoms with van der Waals surface area (Å²) in [7, 11) is 1.25. The van der Waals surface area contributed by atoms with Gasteiger partial charge in [0.15, 0.2) is 11.5 Å². The van der Waals surface area contributed by atoms with Gasteiger partial charge in [-0.2, -0.15) is 5.01 Å². The van der Waals surface area contributed by atoms with E-state index in [2.05, 4.69) is 10.4 Å². The van der Waals surface area contributed by atoms with Gasteiger partial charge >= 0.3 is 0 Å². The molecule has 1 aliphatic rings. The summed E-state index contributed by atoms with van der Waals surface area (Å²) in [6, 6.07) is 15.1. The van der Waals surface area contributed by atoms with E-state index >= 15 is 0 Å². The number of hydrazone groups is 1. The highest BCUT2D eigenvalue weighted by atomic mass is 35.5. The minimum Gasteiger partial charge on any atom is -0.504 e. The number of rotatable bonds is 6. The Balaban J connectivity index is 1.59. The van der Waals surface area contributed by atoms with E-state index in [-0.39, 0.29) is 28.8 Å². The highest BCUT2D eigenvalue weighted by Crippen LogP contribution is 2.42. The minimum atomic E-state index is -1.27. The molecule has 0 saturated heterocycles. The lowest BCUT2D eigenvalue weighted by Gasteiger charge is -2.20. The molecule has 1 atom stereocenters. The number of phenols is 1. The number of ether oxygens (including phenoxy) is 2. The molecule has 2 N–H and O–H groups in total. The largest absolute Gasteiger partial charge is 0.504 e. The number of hydrogen-bond donors (Lipinski definition) is 2. The molecular formula is C24H19ClN4O7. The highest BCUT2D eigenvalue weighted by Gasteiger charge is 2.37. The number of carbonyl (C=O) groups is 2. The van der Waals surface area contributed by atoms with E-state index < -0.39 is 22.8 Å². The number of halogens is 1. The van der Waals surface area contributed by atoms with E-state index in [1.807, 2.05) is 0 Å². The van der Waals surface area contributed by atoms with E-state index in [9.17, 15) is 24.8 Å². The quantitative estimate of drug-likeness (QED) is 0.368. The zero-order valence-electron chi connectivity index (χ0n) is 19.0. The third kappa shape index (κ3) is 4.91. The molecule has 3 aromatic rings. The SMILES string of the molecule is COc1cc([N+](=O)[O-])cc(C2OC(c3ccc(NC(=O)c4cccc(Cl)c4)cc3)=NN2C(C)=O)c1O. The number of amides is 2. The van der Waals surface area contributed by atoms with Crippen LogP contribution in [0.3, 0.4) is 0 Å². The first-order valence-corrected chi connectivity index (χ1v) is 10.8. The Hall–Kier alpha value is -4.64. The van der Waals surface area contributed by atoms with Crippen LogP contribution < -0.4 is 10.1 Å². The lowest BCUT2D eigenvalue weighted by Crippen LogP contribution is -2.25. The minimum absolute atomic E-state index is 0.0350. The third-order valence-electron chi connectivity index (χ3n) is 5.23. The molecule has 184 valence electrons. The maximum Gasteiger partial charge on any atom is 0.273 e. The number of carbonyl (C=O) groups excluding carboxylic acids is 2. The molecule has 0 saturated carbocycles. The number of nitrogens with one attached hydrogen (secondary N) is 1. The molecule has 1 unspecified atom stereocenters. The fourth-order valence-electron chi connectivity index (χ4n) is 3.48. The summed E-state index contributed by atoms with van der Waals surface area (Å²) in [5, 5.41) is 30.3. The monoisotopic (exact) mass is 510 g/mol. The summed E-state index contributed by atoms with van der Waals surface area (Å²) in [6.45, 7) is 1.24. The van der Waals surface area contributed by atoms with Gasteiger partial charge in [0.05, 0.1) is 23.7 Å². The van der Waals surface area contributed by atoms with Crippen LogP contribution in [-0.2, 0) is 9.53 Å². The number of nitrogens with zero attached hydrogens (tertiary/aromatic N) is 3. The Bertz CT molecular complexity index is 1390. The van der Waals surface area contributed by atoms with Crippen molar-refractivity contribution in [3.8, 4) is 11.5 Å². The van der Waals surface area contributed by atoms with E-state index in [1.165, 1.54) is 14.0 Å². The van der Waals surface area contributed by atoms with Crippen LogP contribution in [0.5, 0.6) is 11.5 Å². The number of aromatic hydroxyl groups is 1. The molecule has 0 fully saturated rings. The van der Waals surface area contributed by atoms with Crippen molar-refractivity contribution in [1.29, 1.82) is 0 Å². The average molecular weight is 511 g/mol. The molecule has 0 aromatic heterocycles. The molecule has 1 aliphatic heterocycles. The predicted octanol–water partition coefficient (Wildman–Crippen LogP) is 4.45. The van der Waals surface area contributed by atoms with Crippen molar-refractivity contribution in [2.24, 2.45) is 5.10 Å². The van der Waals surface area contributed by atoms with Crippen LogP contribution >= 0.6 is 11.6 Å². The number of non-ortho nitro benzene ring substituents is 1. The van der Waals surface area contributed by atoms with Crippen molar-refractivity contribution in [2.45, 2.75) is 13.2 Å². The molecule has 0 radical (unpaired) electrons. The molecule has 1 heterocycles. The molecule has 0 aliphatic carbocycles. The standard InChI is InChI=1S/C24H19ClN4O7/c1-13(30)28-24(19-11-18(29(33)34)12-20(35-2)21(19)31)36-23(27-28)14-6-8-17(9-7-14)26-22(32)15-4-3-5-16(25)10-15/h3-12,24,31H,1-2H3,(H,26,32). The van der Waals surface area contributed by atoms with Crippen molar-refractivity contribution in [1.82, 2.24) is 5.01 Å². The number of nitro groups is 1. The smallest absolute Gasteiger partial charge is 0.273 e. The fraction of sp³-hybridized carbons (Fsp3) is 0.125. The second-order valence-electron chi connectivity index (χ2n) is 7.62. The molecule has 36 heavy (non-hydrogen) atoms. The fourth-order valence-corrected chi connectivity index (χ4v) is 3.67. The summed E-state index contributed by atoms with van der Waals surface area (Å²) in [5.41, 5.74) is 0.910. The highest BCUT2D eigenvalue weighted by molar-refractivity contribution is 6.31. The van der Waals surface area contributed by atoms with Gasteiger partial charge in [-0.1, -0.05) is 17.7 Å². The first-order chi connectivity index (χ1) is 17.2. The lowest BCUT2D eigenvalue weighted by atomic mass is 10.1. The van der Waals surface area contributed by atoms with Crippen molar-refractivity contribution < 1.29 is 29.1 Å². The Morgan fingerprint density at radius 3 is 2.53 bits per heavy atom. The maximum absolute atomic E-state index is 12.4. The number of methoxy groups -OCH3 is 1. The van der Waals surface area contributed by atoms with E-state index in [1.54, 1.807) is 48.5 Å². The van der Waals surface area contributed by atoms with E-state index in [4.69, 9.17) is 21.1 Å². The van der Waals surface area contributed by atoms with E-state index in [0.717, 1.165) is 17.1 Å². The van der Waals surface area contributed by atoms with Crippen LogP contribution in [0.2, 0.25) is 5.02 Å².